The van der Waals surface area contributed by atoms with E-state index >= 15 is 0 Å². The third-order valence-corrected chi connectivity index (χ3v) is 8.53. The van der Waals surface area contributed by atoms with Gasteiger partial charge < -0.3 is 4.90 Å². The minimum absolute atomic E-state index is 0.148. The highest BCUT2D eigenvalue weighted by molar-refractivity contribution is 9.10. The van der Waals surface area contributed by atoms with Crippen molar-refractivity contribution >= 4 is 55.0 Å². The van der Waals surface area contributed by atoms with E-state index in [9.17, 15) is 8.42 Å². The largest absolute Gasteiger partial charge is 0.368 e. The van der Waals surface area contributed by atoms with E-state index in [-0.39, 0.29) is 11.5 Å². The molecule has 0 aromatic heterocycles. The second kappa shape index (κ2) is 9.09. The summed E-state index contributed by atoms with van der Waals surface area (Å²) in [6.07, 6.45) is 1.85. The van der Waals surface area contributed by atoms with Crippen molar-refractivity contribution in [2.24, 2.45) is 0 Å². The monoisotopic (exact) mass is 533 g/mol. The maximum absolute atomic E-state index is 14.4. The van der Waals surface area contributed by atoms with E-state index in [0.29, 0.717) is 33.0 Å². The lowest BCUT2D eigenvalue weighted by molar-refractivity contribution is -0.0344. The number of hydrogen-bond donors (Lipinski definition) is 0. The number of nitrogens with zero attached hydrogens (tertiary/aromatic N) is 2. The summed E-state index contributed by atoms with van der Waals surface area (Å²) >= 11 is 9.70. The maximum Gasteiger partial charge on any atom is 0.368 e. The Morgan fingerprint density at radius 2 is 1.69 bits per heavy atom. The van der Waals surface area contributed by atoms with Crippen LogP contribution in [0.15, 0.2) is 82.2 Å². The molecule has 0 saturated heterocycles. The van der Waals surface area contributed by atoms with Crippen LogP contribution in [-0.2, 0) is 14.9 Å². The molecule has 4 rings (SSSR count). The van der Waals surface area contributed by atoms with Crippen molar-refractivity contribution in [3.05, 3.63) is 93.4 Å². The maximum atomic E-state index is 14.4. The van der Waals surface area contributed by atoms with Crippen LogP contribution < -0.4 is 4.05 Å². The Morgan fingerprint density at radius 3 is 2.38 bits per heavy atom. The Morgan fingerprint density at radius 1 is 1.00 bits per heavy atom. The van der Waals surface area contributed by atoms with Gasteiger partial charge in [-0.05, 0) is 70.5 Å². The molecular formula is C24H23BrClN2O3S+. The fourth-order valence-electron chi connectivity index (χ4n) is 3.75. The predicted molar refractivity (Wildman–Crippen MR) is 133 cm³/mol. The molecule has 0 saturated carbocycles. The van der Waals surface area contributed by atoms with Gasteiger partial charge in [-0.15, -0.1) is 0 Å². The van der Waals surface area contributed by atoms with Gasteiger partial charge in [0.25, 0.3) is 0 Å². The molecule has 1 heterocycles. The van der Waals surface area contributed by atoms with Crippen molar-refractivity contribution in [2.45, 2.75) is 4.90 Å². The highest BCUT2D eigenvalue weighted by Gasteiger charge is 2.57. The number of fused-ring (bicyclic) bond motifs is 1. The molecule has 0 fully saturated rings. The van der Waals surface area contributed by atoms with E-state index in [0.717, 1.165) is 5.56 Å². The van der Waals surface area contributed by atoms with Gasteiger partial charge in [-0.25, -0.2) is 0 Å². The van der Waals surface area contributed by atoms with Crippen molar-refractivity contribution < 1.29 is 13.3 Å². The number of hydrogen-bond acceptors (Lipinski definition) is 4. The summed E-state index contributed by atoms with van der Waals surface area (Å²) in [6.45, 7) is 0.749. The highest BCUT2D eigenvalue weighted by atomic mass is 79.9. The smallest absolute Gasteiger partial charge is 0.307 e. The lowest BCUT2D eigenvalue weighted by Gasteiger charge is -2.33. The van der Waals surface area contributed by atoms with Crippen molar-refractivity contribution in [1.29, 1.82) is 0 Å². The quantitative estimate of drug-likeness (QED) is 0.359. The first kappa shape index (κ1) is 23.2. The lowest BCUT2D eigenvalue weighted by atomic mass is 10.1. The van der Waals surface area contributed by atoms with Gasteiger partial charge in [-0.1, -0.05) is 41.9 Å². The molecule has 32 heavy (non-hydrogen) atoms. The third kappa shape index (κ3) is 3.94. The van der Waals surface area contributed by atoms with Crippen LogP contribution in [-0.4, -0.2) is 40.6 Å². The van der Waals surface area contributed by atoms with Crippen molar-refractivity contribution in [3.63, 3.8) is 0 Å². The van der Waals surface area contributed by atoms with Gasteiger partial charge in [0.2, 0.25) is 0 Å². The molecule has 0 amide bonds. The van der Waals surface area contributed by atoms with E-state index in [1.54, 1.807) is 42.5 Å². The van der Waals surface area contributed by atoms with Crippen LogP contribution in [0, 0.1) is 0 Å². The molecule has 1 atom stereocenters. The van der Waals surface area contributed by atoms with Gasteiger partial charge in [0.05, 0.1) is 0 Å². The van der Waals surface area contributed by atoms with Gasteiger partial charge in [0.1, 0.15) is 11.5 Å². The molecule has 3 aromatic rings. The predicted octanol–water partition coefficient (Wildman–Crippen LogP) is 5.80. The molecular weight excluding hydrogens is 512 g/mol. The highest BCUT2D eigenvalue weighted by Crippen LogP contribution is 2.51. The summed E-state index contributed by atoms with van der Waals surface area (Å²) in [6, 6.07) is 21.4. The van der Waals surface area contributed by atoms with Crippen LogP contribution in [0.25, 0.3) is 11.8 Å². The molecule has 1 unspecified atom stereocenters. The SMILES string of the molecule is CN(C)CCO[N+]1(S(=O)(=O)c2ccccc2Br)C(c2ccccc2)=Cc2cc(Cl)ccc21. The Bertz CT molecular complexity index is 1280. The van der Waals surface area contributed by atoms with Gasteiger partial charge in [-0.2, -0.15) is 13.3 Å². The minimum Gasteiger partial charge on any atom is -0.307 e. The molecule has 5 nitrogen and oxygen atoms in total. The van der Waals surface area contributed by atoms with Crippen molar-refractivity contribution in [3.8, 4) is 0 Å². The first-order valence-electron chi connectivity index (χ1n) is 10.0. The number of hydroxylamine groups is 1. The van der Waals surface area contributed by atoms with E-state index in [4.69, 9.17) is 16.4 Å². The molecule has 8 heteroatoms. The van der Waals surface area contributed by atoms with Gasteiger partial charge >= 0.3 is 10.0 Å². The lowest BCUT2D eigenvalue weighted by Crippen LogP contribution is -2.51. The molecule has 166 valence electrons. The summed E-state index contributed by atoms with van der Waals surface area (Å²) in [5.74, 6) is 0. The van der Waals surface area contributed by atoms with E-state index < -0.39 is 14.1 Å². The summed E-state index contributed by atoms with van der Waals surface area (Å²) < 4.78 is 28.5. The van der Waals surface area contributed by atoms with Crippen LogP contribution in [0.4, 0.5) is 5.69 Å². The standard InChI is InChI=1S/C24H23BrClN2O3S/c1-27(2)14-15-31-28(32(29,30)24-11-7-6-10-21(24)25)22-13-12-20(26)16-19(22)17-23(28)18-8-4-3-5-9-18/h3-13,16-17H,14-15H2,1-2H3/q+1. The van der Waals surface area contributed by atoms with Gasteiger partial charge in [-0.3, -0.25) is 0 Å². The number of benzene rings is 3. The van der Waals surface area contributed by atoms with E-state index in [1.807, 2.05) is 55.4 Å². The number of quaternary nitrogens is 1. The van der Waals surface area contributed by atoms with Crippen LogP contribution >= 0.6 is 27.5 Å². The summed E-state index contributed by atoms with van der Waals surface area (Å²) in [5, 5.41) is 0.527. The summed E-state index contributed by atoms with van der Waals surface area (Å²) in [7, 11) is -0.277. The van der Waals surface area contributed by atoms with Crippen LogP contribution in [0.5, 0.6) is 0 Å². The Balaban J connectivity index is 2.03. The van der Waals surface area contributed by atoms with Gasteiger partial charge in [0, 0.05) is 39.3 Å². The number of likely N-dealkylation sites (N-methyl/N-ethyl adjacent to an activating group) is 1. The molecule has 1 aliphatic rings. The van der Waals surface area contributed by atoms with Crippen LogP contribution in [0.3, 0.4) is 0 Å². The topological polar surface area (TPSA) is 46.6 Å². The zero-order chi connectivity index (χ0) is 22.9. The number of halogens is 2. The molecule has 0 bridgehead atoms. The Hall–Kier alpha value is -2.00. The Labute approximate surface area is 202 Å². The normalized spacial score (nSPS) is 18.0. The average molecular weight is 535 g/mol. The average Bonchev–Trinajstić information content (AvgIpc) is 3.09. The number of rotatable bonds is 7. The molecule has 0 radical (unpaired) electrons. The van der Waals surface area contributed by atoms with E-state index in [1.165, 1.54) is 0 Å². The molecule has 3 aromatic carbocycles. The molecule has 0 N–H and O–H groups in total. The first-order chi connectivity index (χ1) is 15.3. The van der Waals surface area contributed by atoms with Crippen LogP contribution in [0.2, 0.25) is 5.02 Å². The fraction of sp³-hybridized carbons (Fsp3) is 0.167. The van der Waals surface area contributed by atoms with Crippen molar-refractivity contribution in [2.75, 3.05) is 27.2 Å². The van der Waals surface area contributed by atoms with Crippen molar-refractivity contribution in [1.82, 2.24) is 8.95 Å². The Kier molecular flexibility index (Phi) is 6.58. The molecule has 0 aliphatic carbocycles. The zero-order valence-electron chi connectivity index (χ0n) is 17.7. The second-order valence-electron chi connectivity index (χ2n) is 7.69. The first-order valence-corrected chi connectivity index (χ1v) is 12.6. The second-order valence-corrected chi connectivity index (χ2v) is 10.9. The fourth-order valence-corrected chi connectivity index (χ4v) is 6.72. The third-order valence-electron chi connectivity index (χ3n) is 5.25. The van der Waals surface area contributed by atoms with E-state index in [2.05, 4.69) is 15.9 Å². The number of sulfonamides is 1. The zero-order valence-corrected chi connectivity index (χ0v) is 20.9. The summed E-state index contributed by atoms with van der Waals surface area (Å²) in [5.41, 5.74) is 2.47. The summed E-state index contributed by atoms with van der Waals surface area (Å²) in [4.78, 5) is 8.48. The molecule has 1 aliphatic heterocycles. The minimum atomic E-state index is -4.11. The van der Waals surface area contributed by atoms with Gasteiger partial charge in [0.15, 0.2) is 11.4 Å². The van der Waals surface area contributed by atoms with Crippen LogP contribution in [0.1, 0.15) is 11.1 Å². The molecule has 0 spiro atoms.